The van der Waals surface area contributed by atoms with Gasteiger partial charge in [0, 0.05) is 38.2 Å². The van der Waals surface area contributed by atoms with E-state index in [-0.39, 0.29) is 12.0 Å². The van der Waals surface area contributed by atoms with Gasteiger partial charge >= 0.3 is 0 Å². The lowest BCUT2D eigenvalue weighted by Crippen LogP contribution is -2.39. The molecule has 0 aliphatic rings. The molecule has 0 saturated carbocycles. The van der Waals surface area contributed by atoms with Gasteiger partial charge in [-0.1, -0.05) is 18.2 Å². The summed E-state index contributed by atoms with van der Waals surface area (Å²) in [5.74, 6) is 0.697. The summed E-state index contributed by atoms with van der Waals surface area (Å²) in [6.45, 7) is 6.40. The Balaban J connectivity index is 1.88. The molecule has 0 radical (unpaired) electrons. The number of aromatic nitrogens is 1. The minimum Gasteiger partial charge on any atom is -0.375 e. The first kappa shape index (κ1) is 21.8. The van der Waals surface area contributed by atoms with E-state index in [1.807, 2.05) is 49.4 Å². The molecule has 0 spiro atoms. The molecule has 8 heteroatoms. The smallest absolute Gasteiger partial charge is 0.251 e. The van der Waals surface area contributed by atoms with Crippen molar-refractivity contribution >= 4 is 23.2 Å². The molecule has 1 aromatic carbocycles. The van der Waals surface area contributed by atoms with E-state index < -0.39 is 0 Å². The first-order valence-electron chi connectivity index (χ1n) is 9.35. The number of hydrogen-bond acceptors (Lipinski definition) is 5. The van der Waals surface area contributed by atoms with Gasteiger partial charge in [-0.3, -0.25) is 9.79 Å². The fraction of sp³-hybridized carbons (Fsp3) is 0.450. The molecule has 1 unspecified atom stereocenters. The van der Waals surface area contributed by atoms with Crippen molar-refractivity contribution in [2.75, 3.05) is 33.8 Å². The minimum atomic E-state index is -0.0866. The molecule has 1 amide bonds. The van der Waals surface area contributed by atoms with Gasteiger partial charge < -0.3 is 20.3 Å². The monoisotopic (exact) mass is 403 g/mol. The molecule has 0 bridgehead atoms. The fourth-order valence-corrected chi connectivity index (χ4v) is 3.34. The predicted molar refractivity (Wildman–Crippen MR) is 114 cm³/mol. The van der Waals surface area contributed by atoms with E-state index >= 15 is 0 Å². The van der Waals surface area contributed by atoms with Gasteiger partial charge in [0.2, 0.25) is 0 Å². The maximum absolute atomic E-state index is 12.1. The van der Waals surface area contributed by atoms with E-state index in [1.165, 1.54) is 0 Å². The zero-order valence-corrected chi connectivity index (χ0v) is 17.8. The van der Waals surface area contributed by atoms with Gasteiger partial charge in [0.15, 0.2) is 5.96 Å². The average Bonchev–Trinajstić information content (AvgIpc) is 3.18. The summed E-state index contributed by atoms with van der Waals surface area (Å²) in [6.07, 6.45) is -0.000753. The number of carbonyl (C=O) groups is 1. The number of carbonyl (C=O) groups excluding carboxylic acids is 1. The van der Waals surface area contributed by atoms with Gasteiger partial charge in [-0.15, -0.1) is 11.3 Å². The summed E-state index contributed by atoms with van der Waals surface area (Å²) < 4.78 is 5.32. The number of nitrogens with one attached hydrogen (secondary N) is 2. The van der Waals surface area contributed by atoms with E-state index in [1.54, 1.807) is 30.6 Å². The molecule has 152 valence electrons. The largest absolute Gasteiger partial charge is 0.375 e. The van der Waals surface area contributed by atoms with Crippen molar-refractivity contribution in [3.8, 4) is 0 Å². The molecule has 1 heterocycles. The normalized spacial score (nSPS) is 12.5. The van der Waals surface area contributed by atoms with E-state index in [9.17, 15) is 4.79 Å². The molecule has 7 nitrogen and oxygen atoms in total. The number of methoxy groups -OCH3 is 1. The van der Waals surface area contributed by atoms with Crippen LogP contribution in [0.5, 0.6) is 0 Å². The number of hydrogen-bond donors (Lipinski definition) is 2. The van der Waals surface area contributed by atoms with Gasteiger partial charge in [-0.25, -0.2) is 4.98 Å². The Morgan fingerprint density at radius 3 is 2.75 bits per heavy atom. The number of benzene rings is 1. The number of thiazole rings is 1. The summed E-state index contributed by atoms with van der Waals surface area (Å²) in [4.78, 5) is 23.3. The molecule has 1 aromatic heterocycles. The second-order valence-corrected chi connectivity index (χ2v) is 7.16. The summed E-state index contributed by atoms with van der Waals surface area (Å²) >= 11 is 1.60. The van der Waals surface area contributed by atoms with Crippen LogP contribution in [-0.2, 0) is 11.3 Å². The van der Waals surface area contributed by atoms with Crippen LogP contribution in [0.1, 0.15) is 41.0 Å². The molecule has 0 aliphatic heterocycles. The van der Waals surface area contributed by atoms with Gasteiger partial charge in [0.1, 0.15) is 11.1 Å². The maximum Gasteiger partial charge on any atom is 0.251 e. The molecule has 28 heavy (non-hydrogen) atoms. The zero-order chi connectivity index (χ0) is 20.4. The highest BCUT2D eigenvalue weighted by molar-refractivity contribution is 7.09. The lowest BCUT2D eigenvalue weighted by molar-refractivity contribution is 0.0954. The van der Waals surface area contributed by atoms with Crippen LogP contribution in [0.15, 0.2) is 40.7 Å². The molecule has 1 atom stereocenters. The lowest BCUT2D eigenvalue weighted by atomic mass is 10.2. The van der Waals surface area contributed by atoms with Crippen LogP contribution in [0.4, 0.5) is 0 Å². The molecular formula is C20H29N5O2S. The molecular weight excluding hydrogens is 374 g/mol. The number of ether oxygens (including phenoxy) is 1. The summed E-state index contributed by atoms with van der Waals surface area (Å²) in [5.41, 5.74) is 1.63. The predicted octanol–water partition coefficient (Wildman–Crippen LogP) is 2.68. The quantitative estimate of drug-likeness (QED) is 0.382. The number of amides is 1. The van der Waals surface area contributed by atoms with E-state index in [4.69, 9.17) is 4.74 Å². The minimum absolute atomic E-state index is 0.000753. The van der Waals surface area contributed by atoms with Crippen LogP contribution in [0.3, 0.4) is 0 Å². The number of rotatable bonds is 9. The molecule has 0 aliphatic carbocycles. The second kappa shape index (κ2) is 11.4. The van der Waals surface area contributed by atoms with Crippen LogP contribution in [0, 0.1) is 0 Å². The average molecular weight is 404 g/mol. The van der Waals surface area contributed by atoms with Gasteiger partial charge in [-0.05, 0) is 26.0 Å². The Labute approximate surface area is 170 Å². The van der Waals surface area contributed by atoms with Crippen molar-refractivity contribution in [2.45, 2.75) is 26.5 Å². The Bertz CT molecular complexity index is 763. The van der Waals surface area contributed by atoms with Crippen molar-refractivity contribution < 1.29 is 9.53 Å². The third-order valence-electron chi connectivity index (χ3n) is 4.06. The highest BCUT2D eigenvalue weighted by Crippen LogP contribution is 2.20. The van der Waals surface area contributed by atoms with Crippen LogP contribution < -0.4 is 10.6 Å². The van der Waals surface area contributed by atoms with E-state index in [0.29, 0.717) is 25.2 Å². The molecule has 2 N–H and O–H groups in total. The number of nitrogens with zero attached hydrogens (tertiary/aromatic N) is 3. The highest BCUT2D eigenvalue weighted by atomic mass is 32.1. The first-order valence-corrected chi connectivity index (χ1v) is 10.2. The third-order valence-corrected chi connectivity index (χ3v) is 5.12. The Hall–Kier alpha value is -2.45. The standard InChI is InChI=1S/C20H29N5O2S/c1-5-21-20(23-12-11-22-18(26)16-9-7-6-8-10-16)25(3)13-17-14-28-19(24-17)15(2)27-4/h6-10,14-15H,5,11-13H2,1-4H3,(H,21,23)(H,22,26). The van der Waals surface area contributed by atoms with Crippen LogP contribution in [0.2, 0.25) is 0 Å². The van der Waals surface area contributed by atoms with Crippen LogP contribution in [0.25, 0.3) is 0 Å². The molecule has 0 fully saturated rings. The number of aliphatic imine (C=N–C) groups is 1. The van der Waals surface area contributed by atoms with Crippen LogP contribution >= 0.6 is 11.3 Å². The summed E-state index contributed by atoms with van der Waals surface area (Å²) in [6, 6.07) is 9.18. The molecule has 0 saturated heterocycles. The van der Waals surface area contributed by atoms with Crippen molar-refractivity contribution in [3.05, 3.63) is 52.0 Å². The Kier molecular flexibility index (Phi) is 8.90. The zero-order valence-electron chi connectivity index (χ0n) is 16.9. The van der Waals surface area contributed by atoms with E-state index in [0.717, 1.165) is 23.2 Å². The summed E-state index contributed by atoms with van der Waals surface area (Å²) in [5, 5.41) is 9.18. The van der Waals surface area contributed by atoms with Crippen molar-refractivity contribution in [1.29, 1.82) is 0 Å². The highest BCUT2D eigenvalue weighted by Gasteiger charge is 2.12. The van der Waals surface area contributed by atoms with Crippen LogP contribution in [-0.4, -0.2) is 55.5 Å². The maximum atomic E-state index is 12.1. The molecule has 2 rings (SSSR count). The second-order valence-electron chi connectivity index (χ2n) is 6.27. The third kappa shape index (κ3) is 6.61. The van der Waals surface area contributed by atoms with Gasteiger partial charge in [0.25, 0.3) is 5.91 Å². The fourth-order valence-electron chi connectivity index (χ4n) is 2.49. The molecule has 2 aromatic rings. The Morgan fingerprint density at radius 1 is 1.32 bits per heavy atom. The van der Waals surface area contributed by atoms with Crippen molar-refractivity contribution in [1.82, 2.24) is 20.5 Å². The van der Waals surface area contributed by atoms with Gasteiger partial charge in [-0.2, -0.15) is 0 Å². The lowest BCUT2D eigenvalue weighted by Gasteiger charge is -2.21. The number of guanidine groups is 1. The SMILES string of the molecule is CCNC(=NCCNC(=O)c1ccccc1)N(C)Cc1csc(C(C)OC)n1. The Morgan fingerprint density at radius 2 is 2.07 bits per heavy atom. The summed E-state index contributed by atoms with van der Waals surface area (Å²) in [7, 11) is 3.66. The van der Waals surface area contributed by atoms with Gasteiger partial charge in [0.05, 0.1) is 18.8 Å². The van der Waals surface area contributed by atoms with Crippen molar-refractivity contribution in [2.24, 2.45) is 4.99 Å². The van der Waals surface area contributed by atoms with E-state index in [2.05, 4.69) is 20.6 Å². The topological polar surface area (TPSA) is 78.9 Å². The van der Waals surface area contributed by atoms with Crippen molar-refractivity contribution in [3.63, 3.8) is 0 Å². The first-order chi connectivity index (χ1) is 13.5.